The Labute approximate surface area is 82.2 Å². The molecule has 0 aliphatic rings. The van der Waals surface area contributed by atoms with Crippen LogP contribution < -0.4 is 0 Å². The quantitative estimate of drug-likeness (QED) is 0.391. The molecule has 0 amide bonds. The number of sulfone groups is 1. The summed E-state index contributed by atoms with van der Waals surface area (Å²) >= 11 is 0. The van der Waals surface area contributed by atoms with Gasteiger partial charge in [-0.1, -0.05) is 0 Å². The number of rotatable bonds is 5. The van der Waals surface area contributed by atoms with E-state index in [2.05, 4.69) is 5.16 Å². The van der Waals surface area contributed by atoms with Gasteiger partial charge in [0, 0.05) is 12.5 Å². The molecular weight excluding hydrogens is 210 g/mol. The van der Waals surface area contributed by atoms with Crippen molar-refractivity contribution < 1.29 is 23.5 Å². The fourth-order valence-corrected chi connectivity index (χ4v) is 1.65. The predicted octanol–water partition coefficient (Wildman–Crippen LogP) is 0.115. The number of carboxylic acid groups (broad SMARTS) is 1. The molecule has 0 aliphatic carbocycles. The van der Waals surface area contributed by atoms with Crippen LogP contribution in [0.4, 0.5) is 0 Å². The van der Waals surface area contributed by atoms with Gasteiger partial charge in [-0.2, -0.15) is 0 Å². The van der Waals surface area contributed by atoms with E-state index in [1.165, 1.54) is 0 Å². The zero-order chi connectivity index (χ0) is 11.4. The van der Waals surface area contributed by atoms with Crippen molar-refractivity contribution in [2.45, 2.75) is 24.5 Å². The van der Waals surface area contributed by atoms with Crippen LogP contribution in [0.2, 0.25) is 0 Å². The minimum absolute atomic E-state index is 0.0897. The third kappa shape index (κ3) is 2.69. The van der Waals surface area contributed by atoms with Crippen molar-refractivity contribution in [1.82, 2.24) is 0 Å². The molecule has 0 aromatic carbocycles. The SMILES string of the molecule is CC(CC/C=N/O)(C(=O)O)S(C)(=O)=O. The summed E-state index contributed by atoms with van der Waals surface area (Å²) in [6, 6.07) is 0. The van der Waals surface area contributed by atoms with Crippen LogP contribution in [0.25, 0.3) is 0 Å². The van der Waals surface area contributed by atoms with E-state index in [0.717, 1.165) is 19.4 Å². The maximum Gasteiger partial charge on any atom is 0.324 e. The molecule has 14 heavy (non-hydrogen) atoms. The minimum atomic E-state index is -3.69. The van der Waals surface area contributed by atoms with E-state index < -0.39 is 20.6 Å². The molecule has 0 aromatic heterocycles. The van der Waals surface area contributed by atoms with E-state index in [-0.39, 0.29) is 12.8 Å². The Morgan fingerprint density at radius 1 is 1.57 bits per heavy atom. The summed E-state index contributed by atoms with van der Waals surface area (Å²) in [6.07, 6.45) is 1.90. The van der Waals surface area contributed by atoms with E-state index in [9.17, 15) is 13.2 Å². The lowest BCUT2D eigenvalue weighted by molar-refractivity contribution is -0.139. The summed E-state index contributed by atoms with van der Waals surface area (Å²) in [5.74, 6) is -1.40. The van der Waals surface area contributed by atoms with Gasteiger partial charge in [-0.25, -0.2) is 8.42 Å². The molecular formula is C7H13NO5S. The highest BCUT2D eigenvalue weighted by atomic mass is 32.2. The Bertz CT molecular complexity index is 334. The first-order chi connectivity index (χ1) is 6.25. The van der Waals surface area contributed by atoms with Crippen LogP contribution in [0.15, 0.2) is 5.16 Å². The zero-order valence-corrected chi connectivity index (χ0v) is 8.78. The number of carboxylic acids is 1. The van der Waals surface area contributed by atoms with Gasteiger partial charge < -0.3 is 10.3 Å². The molecule has 7 heteroatoms. The van der Waals surface area contributed by atoms with Gasteiger partial charge in [0.25, 0.3) is 0 Å². The van der Waals surface area contributed by atoms with E-state index in [1.807, 2.05) is 0 Å². The maximum atomic E-state index is 11.2. The van der Waals surface area contributed by atoms with Crippen molar-refractivity contribution in [2.24, 2.45) is 5.16 Å². The fourth-order valence-electron chi connectivity index (χ4n) is 0.849. The Kier molecular flexibility index (Phi) is 4.06. The summed E-state index contributed by atoms with van der Waals surface area (Å²) < 4.78 is 20.6. The smallest absolute Gasteiger partial charge is 0.324 e. The van der Waals surface area contributed by atoms with Gasteiger partial charge in [-0.15, -0.1) is 5.16 Å². The van der Waals surface area contributed by atoms with Crippen molar-refractivity contribution in [3.05, 3.63) is 0 Å². The van der Waals surface area contributed by atoms with Gasteiger partial charge in [0.05, 0.1) is 0 Å². The monoisotopic (exact) mass is 223 g/mol. The number of hydrogen-bond acceptors (Lipinski definition) is 5. The molecule has 0 spiro atoms. The molecule has 0 aliphatic heterocycles. The first-order valence-corrected chi connectivity index (χ1v) is 5.73. The lowest BCUT2D eigenvalue weighted by Crippen LogP contribution is -2.43. The van der Waals surface area contributed by atoms with Gasteiger partial charge in [0.15, 0.2) is 14.6 Å². The lowest BCUT2D eigenvalue weighted by Gasteiger charge is -2.21. The van der Waals surface area contributed by atoms with Gasteiger partial charge in [0.1, 0.15) is 0 Å². The molecule has 6 nitrogen and oxygen atoms in total. The van der Waals surface area contributed by atoms with Crippen LogP contribution in [0.3, 0.4) is 0 Å². The van der Waals surface area contributed by atoms with Crippen molar-refractivity contribution in [1.29, 1.82) is 0 Å². The van der Waals surface area contributed by atoms with E-state index in [0.29, 0.717) is 0 Å². The van der Waals surface area contributed by atoms with Gasteiger partial charge in [-0.05, 0) is 19.8 Å². The molecule has 0 saturated heterocycles. The first-order valence-electron chi connectivity index (χ1n) is 3.84. The summed E-state index contributed by atoms with van der Waals surface area (Å²) in [5, 5.41) is 19.5. The van der Waals surface area contributed by atoms with Gasteiger partial charge >= 0.3 is 5.97 Å². The molecule has 0 fully saturated rings. The predicted molar refractivity (Wildman–Crippen MR) is 50.4 cm³/mol. The second kappa shape index (κ2) is 4.41. The van der Waals surface area contributed by atoms with Crippen molar-refractivity contribution in [3.8, 4) is 0 Å². The fraction of sp³-hybridized carbons (Fsp3) is 0.714. The van der Waals surface area contributed by atoms with E-state index >= 15 is 0 Å². The normalized spacial score (nSPS) is 16.7. The Hall–Kier alpha value is -1.11. The number of aliphatic carboxylic acids is 1. The van der Waals surface area contributed by atoms with Crippen LogP contribution in [0.1, 0.15) is 19.8 Å². The summed E-state index contributed by atoms with van der Waals surface area (Å²) in [4.78, 5) is 10.8. The number of carbonyl (C=O) groups is 1. The second-order valence-electron chi connectivity index (χ2n) is 3.14. The zero-order valence-electron chi connectivity index (χ0n) is 7.97. The average Bonchev–Trinajstić information content (AvgIpc) is 2.02. The lowest BCUT2D eigenvalue weighted by atomic mass is 10.1. The van der Waals surface area contributed by atoms with Crippen LogP contribution in [0.5, 0.6) is 0 Å². The van der Waals surface area contributed by atoms with Crippen LogP contribution in [-0.2, 0) is 14.6 Å². The highest BCUT2D eigenvalue weighted by Gasteiger charge is 2.42. The molecule has 0 bridgehead atoms. The third-order valence-corrected chi connectivity index (χ3v) is 4.12. The highest BCUT2D eigenvalue weighted by Crippen LogP contribution is 2.22. The molecule has 1 atom stereocenters. The maximum absolute atomic E-state index is 11.2. The summed E-state index contributed by atoms with van der Waals surface area (Å²) in [6.45, 7) is 1.13. The average molecular weight is 223 g/mol. The number of oxime groups is 1. The summed E-state index contributed by atoms with van der Waals surface area (Å²) in [7, 11) is -3.69. The molecule has 0 aromatic rings. The second-order valence-corrected chi connectivity index (χ2v) is 5.59. The van der Waals surface area contributed by atoms with Gasteiger partial charge in [0.2, 0.25) is 0 Å². The first kappa shape index (κ1) is 12.9. The van der Waals surface area contributed by atoms with Crippen LogP contribution in [0, 0.1) is 0 Å². The molecule has 2 N–H and O–H groups in total. The third-order valence-electron chi connectivity index (χ3n) is 2.10. The van der Waals surface area contributed by atoms with E-state index in [4.69, 9.17) is 10.3 Å². The van der Waals surface area contributed by atoms with Crippen molar-refractivity contribution in [3.63, 3.8) is 0 Å². The Morgan fingerprint density at radius 3 is 2.36 bits per heavy atom. The molecule has 82 valence electrons. The number of hydrogen-bond donors (Lipinski definition) is 2. The van der Waals surface area contributed by atoms with E-state index in [1.54, 1.807) is 0 Å². The largest absolute Gasteiger partial charge is 0.480 e. The van der Waals surface area contributed by atoms with Crippen LogP contribution >= 0.6 is 0 Å². The standard InChI is InChI=1S/C7H13NO5S/c1-7(6(9)10,14(2,12)13)4-3-5-8-11/h5,11H,3-4H2,1-2H3,(H,9,10)/b8-5+. The molecule has 0 heterocycles. The minimum Gasteiger partial charge on any atom is -0.480 e. The Morgan fingerprint density at radius 2 is 2.07 bits per heavy atom. The molecule has 0 radical (unpaired) electrons. The topological polar surface area (TPSA) is 104 Å². The summed E-state index contributed by atoms with van der Waals surface area (Å²) in [5.41, 5.74) is 0. The van der Waals surface area contributed by atoms with Crippen molar-refractivity contribution in [2.75, 3.05) is 6.26 Å². The molecule has 1 unspecified atom stereocenters. The van der Waals surface area contributed by atoms with Gasteiger partial charge in [-0.3, -0.25) is 4.79 Å². The highest BCUT2D eigenvalue weighted by molar-refractivity contribution is 7.92. The Balaban J connectivity index is 4.85. The van der Waals surface area contributed by atoms with Crippen molar-refractivity contribution >= 4 is 22.0 Å². The van der Waals surface area contributed by atoms with Crippen LogP contribution in [-0.4, -0.2) is 41.9 Å². The molecule has 0 saturated carbocycles. The number of nitrogens with zero attached hydrogens (tertiary/aromatic N) is 1. The molecule has 0 rings (SSSR count).